The molecule has 2 aliphatic rings. The summed E-state index contributed by atoms with van der Waals surface area (Å²) in [7, 11) is 0. The molecule has 0 spiro atoms. The Labute approximate surface area is 148 Å². The summed E-state index contributed by atoms with van der Waals surface area (Å²) in [6.45, 7) is 1.57. The first-order chi connectivity index (χ1) is 12.3. The summed E-state index contributed by atoms with van der Waals surface area (Å²) >= 11 is 0. The van der Waals surface area contributed by atoms with Gasteiger partial charge in [-0.2, -0.15) is 5.10 Å². The molecule has 0 bridgehead atoms. The van der Waals surface area contributed by atoms with Crippen molar-refractivity contribution in [1.29, 1.82) is 0 Å². The molecule has 4 rings (SSSR count). The van der Waals surface area contributed by atoms with Crippen LogP contribution in [0.25, 0.3) is 0 Å². The Morgan fingerprint density at radius 1 is 1.16 bits per heavy atom. The van der Waals surface area contributed by atoms with Gasteiger partial charge in [-0.15, -0.1) is 0 Å². The van der Waals surface area contributed by atoms with Crippen LogP contribution in [0.2, 0.25) is 0 Å². The quantitative estimate of drug-likeness (QED) is 0.872. The molecule has 2 fully saturated rings. The van der Waals surface area contributed by atoms with Crippen LogP contribution in [0.3, 0.4) is 0 Å². The first kappa shape index (κ1) is 16.3. The summed E-state index contributed by atoms with van der Waals surface area (Å²) in [5.74, 6) is 1.64. The Kier molecular flexibility index (Phi) is 4.83. The van der Waals surface area contributed by atoms with Crippen LogP contribution < -0.4 is 5.32 Å². The molecule has 1 aliphatic heterocycles. The van der Waals surface area contributed by atoms with E-state index in [0.29, 0.717) is 18.2 Å². The average Bonchev–Trinajstić information content (AvgIpc) is 3.04. The Morgan fingerprint density at radius 3 is 2.64 bits per heavy atom. The molecule has 2 heterocycles. The van der Waals surface area contributed by atoms with Crippen LogP contribution in [-0.4, -0.2) is 29.3 Å². The number of rotatable bonds is 5. The molecule has 1 saturated heterocycles. The van der Waals surface area contributed by atoms with Crippen molar-refractivity contribution >= 4 is 11.7 Å². The number of aromatic amines is 1. The molecule has 1 atom stereocenters. The number of hydrogen-bond acceptors (Lipinski definition) is 3. The van der Waals surface area contributed by atoms with E-state index < -0.39 is 0 Å². The SMILES string of the molecule is O=C(Cc1ccc(C2CCC2)cc1)Nc1cc(C2CCCOC2)[nH]n1. The minimum absolute atomic E-state index is 0.0330. The number of hydrogen-bond donors (Lipinski definition) is 2. The van der Waals surface area contributed by atoms with Crippen LogP contribution in [0.4, 0.5) is 5.82 Å². The molecule has 1 aliphatic carbocycles. The predicted octanol–water partition coefficient (Wildman–Crippen LogP) is 3.75. The third-order valence-electron chi connectivity index (χ3n) is 5.39. The minimum Gasteiger partial charge on any atom is -0.381 e. The van der Waals surface area contributed by atoms with E-state index in [1.165, 1.54) is 24.8 Å². The highest BCUT2D eigenvalue weighted by molar-refractivity contribution is 5.91. The second-order valence-corrected chi connectivity index (χ2v) is 7.22. The van der Waals surface area contributed by atoms with Gasteiger partial charge in [0.15, 0.2) is 5.82 Å². The lowest BCUT2D eigenvalue weighted by atomic mass is 9.80. The maximum atomic E-state index is 12.3. The Morgan fingerprint density at radius 2 is 1.96 bits per heavy atom. The number of carbonyl (C=O) groups is 1. The van der Waals surface area contributed by atoms with E-state index in [1.54, 1.807) is 0 Å². The van der Waals surface area contributed by atoms with Crippen LogP contribution in [-0.2, 0) is 16.0 Å². The monoisotopic (exact) mass is 339 g/mol. The summed E-state index contributed by atoms with van der Waals surface area (Å²) < 4.78 is 5.51. The van der Waals surface area contributed by atoms with E-state index in [-0.39, 0.29) is 5.91 Å². The fourth-order valence-electron chi connectivity index (χ4n) is 3.62. The van der Waals surface area contributed by atoms with Crippen molar-refractivity contribution in [3.8, 4) is 0 Å². The van der Waals surface area contributed by atoms with Crippen molar-refractivity contribution in [2.45, 2.75) is 50.4 Å². The molecule has 2 N–H and O–H groups in total. The van der Waals surface area contributed by atoms with E-state index in [2.05, 4.69) is 39.8 Å². The van der Waals surface area contributed by atoms with Gasteiger partial charge in [0.1, 0.15) is 0 Å². The largest absolute Gasteiger partial charge is 0.381 e. The van der Waals surface area contributed by atoms with Crippen molar-refractivity contribution in [3.05, 3.63) is 47.2 Å². The molecule has 2 aromatic rings. The summed E-state index contributed by atoms with van der Waals surface area (Å²) in [6.07, 6.45) is 6.49. The summed E-state index contributed by atoms with van der Waals surface area (Å²) in [5.41, 5.74) is 3.49. The van der Waals surface area contributed by atoms with Gasteiger partial charge in [0.25, 0.3) is 0 Å². The number of amides is 1. The number of H-pyrrole nitrogens is 1. The molecule has 1 saturated carbocycles. The Bertz CT molecular complexity index is 713. The maximum Gasteiger partial charge on any atom is 0.229 e. The molecule has 5 heteroatoms. The van der Waals surface area contributed by atoms with Gasteiger partial charge in [-0.05, 0) is 42.7 Å². The summed E-state index contributed by atoms with van der Waals surface area (Å²) in [6, 6.07) is 10.4. The van der Waals surface area contributed by atoms with Gasteiger partial charge >= 0.3 is 0 Å². The van der Waals surface area contributed by atoms with Crippen LogP contribution in [0.5, 0.6) is 0 Å². The van der Waals surface area contributed by atoms with Crippen molar-refractivity contribution in [3.63, 3.8) is 0 Å². The highest BCUT2D eigenvalue weighted by atomic mass is 16.5. The second-order valence-electron chi connectivity index (χ2n) is 7.22. The van der Waals surface area contributed by atoms with Gasteiger partial charge in [0.05, 0.1) is 13.0 Å². The number of aromatic nitrogens is 2. The fraction of sp³-hybridized carbons (Fsp3) is 0.500. The number of carbonyl (C=O) groups excluding carboxylic acids is 1. The lowest BCUT2D eigenvalue weighted by Crippen LogP contribution is -2.16. The number of nitrogens with zero attached hydrogens (tertiary/aromatic N) is 1. The fourth-order valence-corrected chi connectivity index (χ4v) is 3.62. The molecular formula is C20H25N3O2. The molecule has 25 heavy (non-hydrogen) atoms. The van der Waals surface area contributed by atoms with Gasteiger partial charge in [0.2, 0.25) is 5.91 Å². The number of benzene rings is 1. The van der Waals surface area contributed by atoms with Crippen molar-refractivity contribution in [1.82, 2.24) is 10.2 Å². The maximum absolute atomic E-state index is 12.3. The Hall–Kier alpha value is -2.14. The lowest BCUT2D eigenvalue weighted by Gasteiger charge is -2.25. The highest BCUT2D eigenvalue weighted by Gasteiger charge is 2.20. The molecule has 1 amide bonds. The lowest BCUT2D eigenvalue weighted by molar-refractivity contribution is -0.115. The Balaban J connectivity index is 1.31. The number of ether oxygens (including phenoxy) is 1. The van der Waals surface area contributed by atoms with E-state index >= 15 is 0 Å². The first-order valence-electron chi connectivity index (χ1n) is 9.29. The van der Waals surface area contributed by atoms with Gasteiger partial charge in [-0.25, -0.2) is 0 Å². The zero-order valence-corrected chi connectivity index (χ0v) is 14.5. The zero-order valence-electron chi connectivity index (χ0n) is 14.5. The minimum atomic E-state index is -0.0330. The predicted molar refractivity (Wildman–Crippen MR) is 96.7 cm³/mol. The van der Waals surface area contributed by atoms with Crippen LogP contribution in [0, 0.1) is 0 Å². The average molecular weight is 339 g/mol. The third-order valence-corrected chi connectivity index (χ3v) is 5.39. The second kappa shape index (κ2) is 7.40. The number of anilines is 1. The third kappa shape index (κ3) is 3.93. The van der Waals surface area contributed by atoms with Crippen LogP contribution in [0.15, 0.2) is 30.3 Å². The van der Waals surface area contributed by atoms with Crippen LogP contribution in [0.1, 0.15) is 60.8 Å². The first-order valence-corrected chi connectivity index (χ1v) is 9.29. The molecule has 132 valence electrons. The molecule has 1 unspecified atom stereocenters. The van der Waals surface area contributed by atoms with Gasteiger partial charge in [-0.1, -0.05) is 30.7 Å². The topological polar surface area (TPSA) is 67.0 Å². The normalized spacial score (nSPS) is 20.9. The molecule has 1 aromatic carbocycles. The summed E-state index contributed by atoms with van der Waals surface area (Å²) in [4.78, 5) is 12.3. The van der Waals surface area contributed by atoms with E-state index in [4.69, 9.17) is 4.74 Å². The van der Waals surface area contributed by atoms with Crippen molar-refractivity contribution < 1.29 is 9.53 Å². The molecule has 1 aromatic heterocycles. The van der Waals surface area contributed by atoms with E-state index in [0.717, 1.165) is 43.2 Å². The molecule has 5 nitrogen and oxygen atoms in total. The van der Waals surface area contributed by atoms with Crippen LogP contribution >= 0.6 is 0 Å². The van der Waals surface area contributed by atoms with Crippen molar-refractivity contribution in [2.75, 3.05) is 18.5 Å². The summed E-state index contributed by atoms with van der Waals surface area (Å²) in [5, 5.41) is 10.1. The zero-order chi connectivity index (χ0) is 17.1. The molecular weight excluding hydrogens is 314 g/mol. The van der Waals surface area contributed by atoms with Gasteiger partial charge in [0, 0.05) is 24.3 Å². The smallest absolute Gasteiger partial charge is 0.229 e. The van der Waals surface area contributed by atoms with Crippen molar-refractivity contribution in [2.24, 2.45) is 0 Å². The number of nitrogens with one attached hydrogen (secondary N) is 2. The standard InChI is InChI=1S/C20H25N3O2/c24-20(11-14-6-8-16(9-7-14)15-3-1-4-15)21-19-12-18(22-23-19)17-5-2-10-25-13-17/h6-9,12,15,17H,1-5,10-11,13H2,(H2,21,22,23,24). The van der Waals surface area contributed by atoms with Gasteiger partial charge in [-0.3, -0.25) is 9.89 Å². The highest BCUT2D eigenvalue weighted by Crippen LogP contribution is 2.36. The molecule has 0 radical (unpaired) electrons. The van der Waals surface area contributed by atoms with Gasteiger partial charge < -0.3 is 10.1 Å². The van der Waals surface area contributed by atoms with E-state index in [1.807, 2.05) is 6.07 Å². The van der Waals surface area contributed by atoms with E-state index in [9.17, 15) is 4.79 Å².